The number of nitrogens with zero attached hydrogens (tertiary/aromatic N) is 1. The van der Waals surface area contributed by atoms with Crippen molar-refractivity contribution in [3.63, 3.8) is 0 Å². The SMILES string of the molecule is Cc1cnc(I)c(CC(=O)O)c1OC(F)(F)F. The second-order valence-electron chi connectivity index (χ2n) is 3.16. The van der Waals surface area contributed by atoms with Crippen LogP contribution in [0.2, 0.25) is 0 Å². The van der Waals surface area contributed by atoms with E-state index in [1.54, 1.807) is 22.6 Å². The van der Waals surface area contributed by atoms with Crippen molar-refractivity contribution in [2.45, 2.75) is 19.7 Å². The third-order valence-corrected chi connectivity index (χ3v) is 2.73. The number of ether oxygens (including phenoxy) is 1. The molecule has 0 bridgehead atoms. The number of rotatable bonds is 3. The Labute approximate surface area is 108 Å². The van der Waals surface area contributed by atoms with Crippen molar-refractivity contribution in [2.75, 3.05) is 0 Å². The standard InChI is InChI=1S/C9H7F3INO3/c1-4-3-14-8(13)5(2-6(15)16)7(4)17-9(10,11)12/h3H,2H2,1H3,(H,15,16). The van der Waals surface area contributed by atoms with Crippen LogP contribution >= 0.6 is 22.6 Å². The normalized spacial score (nSPS) is 11.4. The zero-order valence-electron chi connectivity index (χ0n) is 8.51. The molecule has 0 unspecified atom stereocenters. The molecule has 4 nitrogen and oxygen atoms in total. The molecule has 1 heterocycles. The van der Waals surface area contributed by atoms with Crippen LogP contribution < -0.4 is 4.74 Å². The lowest BCUT2D eigenvalue weighted by Crippen LogP contribution is -2.20. The second-order valence-corrected chi connectivity index (χ2v) is 4.18. The molecule has 0 saturated carbocycles. The van der Waals surface area contributed by atoms with Crippen LogP contribution in [0.1, 0.15) is 11.1 Å². The molecular weight excluding hydrogens is 354 g/mol. The average Bonchev–Trinajstić information content (AvgIpc) is 2.15. The number of pyridine rings is 1. The summed E-state index contributed by atoms with van der Waals surface area (Å²) in [5, 5.41) is 8.64. The van der Waals surface area contributed by atoms with Gasteiger partial charge in [-0.25, -0.2) is 4.98 Å². The van der Waals surface area contributed by atoms with E-state index >= 15 is 0 Å². The van der Waals surface area contributed by atoms with Crippen molar-refractivity contribution >= 4 is 28.6 Å². The Kier molecular flexibility index (Phi) is 4.17. The van der Waals surface area contributed by atoms with Crippen LogP contribution in [0.15, 0.2) is 6.20 Å². The molecule has 0 aliphatic carbocycles. The molecule has 0 spiro atoms. The molecule has 8 heteroatoms. The van der Waals surface area contributed by atoms with Crippen LogP contribution in [0.3, 0.4) is 0 Å². The van der Waals surface area contributed by atoms with Gasteiger partial charge in [-0.05, 0) is 29.5 Å². The molecule has 1 N–H and O–H groups in total. The van der Waals surface area contributed by atoms with Gasteiger partial charge in [-0.2, -0.15) is 0 Å². The summed E-state index contributed by atoms with van der Waals surface area (Å²) >= 11 is 1.67. The Balaban J connectivity index is 3.24. The van der Waals surface area contributed by atoms with E-state index in [1.165, 1.54) is 13.1 Å². The fourth-order valence-electron chi connectivity index (χ4n) is 1.18. The Morgan fingerprint density at radius 3 is 2.65 bits per heavy atom. The van der Waals surface area contributed by atoms with Gasteiger partial charge in [-0.15, -0.1) is 13.2 Å². The molecule has 17 heavy (non-hydrogen) atoms. The van der Waals surface area contributed by atoms with E-state index in [-0.39, 0.29) is 14.8 Å². The summed E-state index contributed by atoms with van der Waals surface area (Å²) in [6.45, 7) is 1.37. The molecule has 0 aliphatic heterocycles. The van der Waals surface area contributed by atoms with Gasteiger partial charge in [-0.1, -0.05) is 0 Å². The minimum Gasteiger partial charge on any atom is -0.481 e. The molecule has 1 rings (SSSR count). The third-order valence-electron chi connectivity index (χ3n) is 1.80. The lowest BCUT2D eigenvalue weighted by molar-refractivity contribution is -0.275. The highest BCUT2D eigenvalue weighted by molar-refractivity contribution is 14.1. The number of halogens is 4. The van der Waals surface area contributed by atoms with Crippen LogP contribution in [0, 0.1) is 10.6 Å². The van der Waals surface area contributed by atoms with E-state index in [1.807, 2.05) is 0 Å². The van der Waals surface area contributed by atoms with Crippen LogP contribution in [0.5, 0.6) is 5.75 Å². The molecule has 1 aromatic rings. The first kappa shape index (κ1) is 14.0. The summed E-state index contributed by atoms with van der Waals surface area (Å²) in [6.07, 6.45) is -4.23. The number of carbonyl (C=O) groups is 1. The van der Waals surface area contributed by atoms with Crippen molar-refractivity contribution in [2.24, 2.45) is 0 Å². The number of aliphatic carboxylic acids is 1. The van der Waals surface area contributed by atoms with Gasteiger partial charge in [0.15, 0.2) is 0 Å². The van der Waals surface area contributed by atoms with Crippen molar-refractivity contribution < 1.29 is 27.8 Å². The second kappa shape index (κ2) is 5.07. The van der Waals surface area contributed by atoms with E-state index in [2.05, 4.69) is 9.72 Å². The van der Waals surface area contributed by atoms with E-state index in [4.69, 9.17) is 5.11 Å². The topological polar surface area (TPSA) is 59.4 Å². The molecular formula is C9H7F3INO3. The first-order valence-electron chi connectivity index (χ1n) is 4.32. The summed E-state index contributed by atoms with van der Waals surface area (Å²) in [6, 6.07) is 0. The highest BCUT2D eigenvalue weighted by Gasteiger charge is 2.33. The molecule has 0 amide bonds. The van der Waals surface area contributed by atoms with Gasteiger partial charge in [0.2, 0.25) is 0 Å². The number of carboxylic acids is 1. The predicted octanol–water partition coefficient (Wildman–Crippen LogP) is 2.52. The number of alkyl halides is 3. The number of hydrogen-bond donors (Lipinski definition) is 1. The lowest BCUT2D eigenvalue weighted by Gasteiger charge is -2.15. The Bertz CT molecular complexity index is 448. The maximum Gasteiger partial charge on any atom is 0.573 e. The number of hydrogen-bond acceptors (Lipinski definition) is 3. The zero-order valence-corrected chi connectivity index (χ0v) is 10.7. The Morgan fingerprint density at radius 1 is 1.59 bits per heavy atom. The fraction of sp³-hybridized carbons (Fsp3) is 0.333. The van der Waals surface area contributed by atoms with Crippen molar-refractivity contribution in [1.82, 2.24) is 4.98 Å². The minimum atomic E-state index is -4.86. The average molecular weight is 361 g/mol. The number of aromatic nitrogens is 1. The first-order chi connectivity index (χ1) is 7.70. The molecule has 0 aliphatic rings. The molecule has 0 aromatic carbocycles. The third kappa shape index (κ3) is 4.02. The Morgan fingerprint density at radius 2 is 2.18 bits per heavy atom. The highest BCUT2D eigenvalue weighted by atomic mass is 127. The molecule has 1 aromatic heterocycles. The summed E-state index contributed by atoms with van der Waals surface area (Å²) in [7, 11) is 0. The van der Waals surface area contributed by atoms with Gasteiger partial charge in [0.1, 0.15) is 9.45 Å². The van der Waals surface area contributed by atoms with Gasteiger partial charge in [0.25, 0.3) is 0 Å². The lowest BCUT2D eigenvalue weighted by atomic mass is 10.1. The highest BCUT2D eigenvalue weighted by Crippen LogP contribution is 2.31. The van der Waals surface area contributed by atoms with E-state index in [0.717, 1.165) is 0 Å². The van der Waals surface area contributed by atoms with Crippen LogP contribution in [-0.2, 0) is 11.2 Å². The van der Waals surface area contributed by atoms with Gasteiger partial charge in [0.05, 0.1) is 6.42 Å². The summed E-state index contributed by atoms with van der Waals surface area (Å²) in [5.41, 5.74) is 0.0643. The van der Waals surface area contributed by atoms with Gasteiger partial charge in [0, 0.05) is 17.3 Å². The van der Waals surface area contributed by atoms with Crippen LogP contribution in [0.25, 0.3) is 0 Å². The maximum atomic E-state index is 12.2. The zero-order chi connectivity index (χ0) is 13.2. The smallest absolute Gasteiger partial charge is 0.481 e. The molecule has 0 saturated heterocycles. The number of aryl methyl sites for hydroxylation is 1. The number of carboxylic acid groups (broad SMARTS) is 1. The predicted molar refractivity (Wildman–Crippen MR) is 59.7 cm³/mol. The fourth-order valence-corrected chi connectivity index (χ4v) is 1.76. The van der Waals surface area contributed by atoms with E-state index in [0.29, 0.717) is 0 Å². The van der Waals surface area contributed by atoms with E-state index < -0.39 is 24.5 Å². The van der Waals surface area contributed by atoms with Crippen LogP contribution in [0.4, 0.5) is 13.2 Å². The quantitative estimate of drug-likeness (QED) is 0.664. The van der Waals surface area contributed by atoms with Gasteiger partial charge < -0.3 is 9.84 Å². The van der Waals surface area contributed by atoms with E-state index in [9.17, 15) is 18.0 Å². The largest absolute Gasteiger partial charge is 0.573 e. The van der Waals surface area contributed by atoms with Crippen molar-refractivity contribution in [3.05, 3.63) is 21.0 Å². The van der Waals surface area contributed by atoms with Gasteiger partial charge >= 0.3 is 12.3 Å². The van der Waals surface area contributed by atoms with Crippen molar-refractivity contribution in [1.29, 1.82) is 0 Å². The van der Waals surface area contributed by atoms with Crippen LogP contribution in [-0.4, -0.2) is 22.4 Å². The maximum absolute atomic E-state index is 12.2. The molecule has 0 radical (unpaired) electrons. The van der Waals surface area contributed by atoms with Crippen molar-refractivity contribution in [3.8, 4) is 5.75 Å². The molecule has 0 atom stereocenters. The van der Waals surface area contributed by atoms with Gasteiger partial charge in [-0.3, -0.25) is 4.79 Å². The molecule has 0 fully saturated rings. The monoisotopic (exact) mass is 361 g/mol. The molecule has 94 valence electrons. The first-order valence-corrected chi connectivity index (χ1v) is 5.40. The summed E-state index contributed by atoms with van der Waals surface area (Å²) < 4.78 is 40.5. The Hall–Kier alpha value is -1.06. The minimum absolute atomic E-state index is 0.0737. The summed E-state index contributed by atoms with van der Waals surface area (Å²) in [4.78, 5) is 14.4. The summed E-state index contributed by atoms with van der Waals surface area (Å²) in [5.74, 6) is -1.73.